The molecule has 0 radical (unpaired) electrons. The van der Waals surface area contributed by atoms with Crippen LogP contribution in [0.3, 0.4) is 0 Å². The van der Waals surface area contributed by atoms with Gasteiger partial charge in [0.25, 0.3) is 0 Å². The first kappa shape index (κ1) is 11.8. The minimum atomic E-state index is -0.629. The molecule has 1 aliphatic carbocycles. The summed E-state index contributed by atoms with van der Waals surface area (Å²) >= 11 is 6.16. The van der Waals surface area contributed by atoms with Gasteiger partial charge in [-0.15, -0.1) is 0 Å². The maximum Gasteiger partial charge on any atom is 0.106 e. The van der Waals surface area contributed by atoms with E-state index in [2.05, 4.69) is 6.07 Å². The SMILES string of the molecule is OC(c1ccccc1Cl)c1ccccc1C1CC1. The van der Waals surface area contributed by atoms with Gasteiger partial charge >= 0.3 is 0 Å². The molecule has 1 fully saturated rings. The summed E-state index contributed by atoms with van der Waals surface area (Å²) in [6.07, 6.45) is 1.83. The second-order valence-corrected chi connectivity index (χ2v) is 5.23. The highest BCUT2D eigenvalue weighted by Crippen LogP contribution is 2.44. The van der Waals surface area contributed by atoms with E-state index >= 15 is 0 Å². The third kappa shape index (κ3) is 2.16. The van der Waals surface area contributed by atoms with Crippen molar-refractivity contribution in [1.82, 2.24) is 0 Å². The fourth-order valence-electron chi connectivity index (χ4n) is 2.39. The van der Waals surface area contributed by atoms with E-state index in [0.717, 1.165) is 11.1 Å². The lowest BCUT2D eigenvalue weighted by molar-refractivity contribution is 0.219. The lowest BCUT2D eigenvalue weighted by Crippen LogP contribution is -2.03. The molecule has 1 N–H and O–H groups in total. The van der Waals surface area contributed by atoms with E-state index in [1.807, 2.05) is 42.5 Å². The Morgan fingerprint density at radius 3 is 2.22 bits per heavy atom. The van der Waals surface area contributed by atoms with Crippen molar-refractivity contribution >= 4 is 11.6 Å². The summed E-state index contributed by atoms with van der Waals surface area (Å²) in [5, 5.41) is 11.2. The minimum absolute atomic E-state index is 0.621. The summed E-state index contributed by atoms with van der Waals surface area (Å²) in [5.74, 6) is 0.623. The molecular formula is C16H15ClO. The van der Waals surface area contributed by atoms with Gasteiger partial charge in [-0.25, -0.2) is 0 Å². The molecule has 1 nitrogen and oxygen atoms in total. The van der Waals surface area contributed by atoms with E-state index in [1.165, 1.54) is 18.4 Å². The molecule has 0 aromatic heterocycles. The van der Waals surface area contributed by atoms with Gasteiger partial charge in [-0.3, -0.25) is 0 Å². The average molecular weight is 259 g/mol. The highest BCUT2D eigenvalue weighted by atomic mass is 35.5. The third-order valence-corrected chi connectivity index (χ3v) is 3.85. The maximum atomic E-state index is 10.5. The Morgan fingerprint density at radius 2 is 1.56 bits per heavy atom. The van der Waals surface area contributed by atoms with Gasteiger partial charge in [-0.05, 0) is 36.0 Å². The first-order valence-corrected chi connectivity index (χ1v) is 6.66. The number of benzene rings is 2. The zero-order valence-electron chi connectivity index (χ0n) is 10.0. The minimum Gasteiger partial charge on any atom is -0.384 e. The number of rotatable bonds is 3. The van der Waals surface area contributed by atoms with Crippen LogP contribution in [0.4, 0.5) is 0 Å². The van der Waals surface area contributed by atoms with Crippen LogP contribution in [0, 0.1) is 0 Å². The van der Waals surface area contributed by atoms with Crippen molar-refractivity contribution in [3.05, 3.63) is 70.2 Å². The van der Waals surface area contributed by atoms with Crippen LogP contribution in [-0.4, -0.2) is 5.11 Å². The Labute approximate surface area is 112 Å². The van der Waals surface area contributed by atoms with Crippen molar-refractivity contribution < 1.29 is 5.11 Å². The summed E-state index contributed by atoms with van der Waals surface area (Å²) in [5.41, 5.74) is 3.05. The normalized spacial score (nSPS) is 16.6. The molecular weight excluding hydrogens is 244 g/mol. The molecule has 2 heteroatoms. The molecule has 0 bridgehead atoms. The average Bonchev–Trinajstić information content (AvgIpc) is 3.23. The molecule has 1 atom stereocenters. The third-order valence-electron chi connectivity index (χ3n) is 3.51. The Bertz CT molecular complexity index is 561. The van der Waals surface area contributed by atoms with Crippen LogP contribution < -0.4 is 0 Å². The van der Waals surface area contributed by atoms with E-state index in [0.29, 0.717) is 10.9 Å². The maximum absolute atomic E-state index is 10.5. The second-order valence-electron chi connectivity index (χ2n) is 4.83. The van der Waals surface area contributed by atoms with Crippen LogP contribution in [-0.2, 0) is 0 Å². The molecule has 92 valence electrons. The highest BCUT2D eigenvalue weighted by molar-refractivity contribution is 6.31. The van der Waals surface area contributed by atoms with Crippen LogP contribution in [0.1, 0.15) is 41.6 Å². The van der Waals surface area contributed by atoms with Gasteiger partial charge in [0.1, 0.15) is 6.10 Å². The molecule has 18 heavy (non-hydrogen) atoms. The summed E-state index contributed by atoms with van der Waals surface area (Å²) in [7, 11) is 0. The summed E-state index contributed by atoms with van der Waals surface area (Å²) in [6, 6.07) is 15.6. The highest BCUT2D eigenvalue weighted by Gasteiger charge is 2.28. The van der Waals surface area contributed by atoms with E-state index in [1.54, 1.807) is 0 Å². The van der Waals surface area contributed by atoms with Crippen molar-refractivity contribution in [2.75, 3.05) is 0 Å². The molecule has 0 aliphatic heterocycles. The predicted molar refractivity (Wildman–Crippen MR) is 73.9 cm³/mol. The number of aliphatic hydroxyl groups excluding tert-OH is 1. The first-order chi connectivity index (χ1) is 8.77. The number of halogens is 1. The van der Waals surface area contributed by atoms with Gasteiger partial charge in [-0.2, -0.15) is 0 Å². The number of hydrogen-bond donors (Lipinski definition) is 1. The lowest BCUT2D eigenvalue weighted by atomic mass is 9.94. The van der Waals surface area contributed by atoms with E-state index in [4.69, 9.17) is 11.6 Å². The van der Waals surface area contributed by atoms with E-state index < -0.39 is 6.10 Å². The summed E-state index contributed by atoms with van der Waals surface area (Å²) < 4.78 is 0. The van der Waals surface area contributed by atoms with Gasteiger partial charge < -0.3 is 5.11 Å². The monoisotopic (exact) mass is 258 g/mol. The molecule has 0 spiro atoms. The second kappa shape index (κ2) is 4.75. The molecule has 1 unspecified atom stereocenters. The molecule has 1 aliphatic rings. The van der Waals surface area contributed by atoms with Gasteiger partial charge in [0.05, 0.1) is 0 Å². The summed E-state index contributed by atoms with van der Waals surface area (Å²) in [4.78, 5) is 0. The van der Waals surface area contributed by atoms with Crippen LogP contribution in [0.5, 0.6) is 0 Å². The zero-order chi connectivity index (χ0) is 12.5. The van der Waals surface area contributed by atoms with Gasteiger partial charge in [0, 0.05) is 10.6 Å². The number of aliphatic hydroxyl groups is 1. The van der Waals surface area contributed by atoms with Crippen LogP contribution in [0.15, 0.2) is 48.5 Å². The lowest BCUT2D eigenvalue weighted by Gasteiger charge is -2.16. The molecule has 0 heterocycles. The van der Waals surface area contributed by atoms with Crippen LogP contribution in [0.25, 0.3) is 0 Å². The van der Waals surface area contributed by atoms with Gasteiger partial charge in [-0.1, -0.05) is 54.1 Å². The van der Waals surface area contributed by atoms with Crippen molar-refractivity contribution in [3.63, 3.8) is 0 Å². The van der Waals surface area contributed by atoms with Crippen molar-refractivity contribution in [2.24, 2.45) is 0 Å². The zero-order valence-corrected chi connectivity index (χ0v) is 10.8. The van der Waals surface area contributed by atoms with Gasteiger partial charge in [0.2, 0.25) is 0 Å². The Hall–Kier alpha value is -1.31. The summed E-state index contributed by atoms with van der Waals surface area (Å²) in [6.45, 7) is 0. The standard InChI is InChI=1S/C16H15ClO/c17-15-8-4-3-7-14(15)16(18)13-6-2-1-5-12(13)11-9-10-11/h1-8,11,16,18H,9-10H2. The Kier molecular flexibility index (Phi) is 3.11. The fourth-order valence-corrected chi connectivity index (χ4v) is 2.63. The Balaban J connectivity index is 2.02. The molecule has 3 rings (SSSR count). The molecule has 2 aromatic rings. The smallest absolute Gasteiger partial charge is 0.106 e. The van der Waals surface area contributed by atoms with Crippen LogP contribution >= 0.6 is 11.6 Å². The topological polar surface area (TPSA) is 20.2 Å². The quantitative estimate of drug-likeness (QED) is 0.870. The van der Waals surface area contributed by atoms with E-state index in [9.17, 15) is 5.11 Å². The van der Waals surface area contributed by atoms with Crippen LogP contribution in [0.2, 0.25) is 5.02 Å². The first-order valence-electron chi connectivity index (χ1n) is 6.28. The largest absolute Gasteiger partial charge is 0.384 e. The van der Waals surface area contributed by atoms with E-state index in [-0.39, 0.29) is 0 Å². The van der Waals surface area contributed by atoms with Crippen molar-refractivity contribution in [3.8, 4) is 0 Å². The number of hydrogen-bond acceptors (Lipinski definition) is 1. The molecule has 0 saturated heterocycles. The van der Waals surface area contributed by atoms with Crippen molar-refractivity contribution in [1.29, 1.82) is 0 Å². The Morgan fingerprint density at radius 1 is 0.944 bits per heavy atom. The molecule has 1 saturated carbocycles. The van der Waals surface area contributed by atoms with Crippen molar-refractivity contribution in [2.45, 2.75) is 24.9 Å². The molecule has 0 amide bonds. The fraction of sp³-hybridized carbons (Fsp3) is 0.250. The molecule has 2 aromatic carbocycles. The van der Waals surface area contributed by atoms with Gasteiger partial charge in [0.15, 0.2) is 0 Å². The predicted octanol–water partition coefficient (Wildman–Crippen LogP) is 4.30.